The number of carbonyl (C=O) groups excluding carboxylic acids is 1. The van der Waals surface area contributed by atoms with Gasteiger partial charge in [-0.3, -0.25) is 4.79 Å². The summed E-state index contributed by atoms with van der Waals surface area (Å²) in [6.07, 6.45) is -2.95. The quantitative estimate of drug-likeness (QED) is 0.186. The van der Waals surface area contributed by atoms with Gasteiger partial charge in [-0.2, -0.15) is 22.0 Å². The fraction of sp³-hybridized carbons (Fsp3) is 0.667. The molecule has 0 aliphatic heterocycles. The average molecular weight is 442 g/mol. The molecule has 1 unspecified atom stereocenters. The summed E-state index contributed by atoms with van der Waals surface area (Å²) in [5, 5.41) is 0. The molecule has 0 amide bonds. The van der Waals surface area contributed by atoms with Gasteiger partial charge in [-0.15, -0.1) is 0 Å². The molecule has 2 nitrogen and oxygen atoms in total. The van der Waals surface area contributed by atoms with Crippen LogP contribution >= 0.6 is 0 Å². The second-order valence-electron chi connectivity index (χ2n) is 7.80. The van der Waals surface area contributed by atoms with Gasteiger partial charge in [-0.25, -0.2) is 8.78 Å². The number of alkyl halides is 6. The highest BCUT2D eigenvalue weighted by molar-refractivity contribution is 5.75. The minimum absolute atomic E-state index is 0.306. The number of ether oxygens (including phenoxy) is 1. The number of benzene rings is 1. The first-order valence-corrected chi connectivity index (χ1v) is 10.1. The number of esters is 1. The van der Waals surface area contributed by atoms with E-state index in [0.717, 1.165) is 44.6 Å². The molecule has 1 aromatic carbocycles. The van der Waals surface area contributed by atoms with E-state index in [1.54, 1.807) is 0 Å². The molecular weight excluding hydrogens is 417 g/mol. The summed E-state index contributed by atoms with van der Waals surface area (Å²) in [7, 11) is 0. The molecule has 170 valence electrons. The van der Waals surface area contributed by atoms with Crippen molar-refractivity contribution in [3.63, 3.8) is 0 Å². The Kier molecular flexibility index (Phi) is 8.16. The smallest absolute Gasteiger partial charge is 0.426 e. The van der Waals surface area contributed by atoms with Gasteiger partial charge in [0.2, 0.25) is 0 Å². The van der Waals surface area contributed by atoms with Crippen molar-refractivity contribution in [1.29, 1.82) is 0 Å². The third-order valence-corrected chi connectivity index (χ3v) is 5.52. The van der Waals surface area contributed by atoms with Gasteiger partial charge in [-0.1, -0.05) is 32.6 Å². The number of unbranched alkanes of at least 4 members (excludes halogenated alkanes) is 2. The van der Waals surface area contributed by atoms with Gasteiger partial charge in [0, 0.05) is 6.07 Å². The van der Waals surface area contributed by atoms with Gasteiger partial charge < -0.3 is 4.74 Å². The second-order valence-corrected chi connectivity index (χ2v) is 7.80. The molecule has 1 saturated carbocycles. The minimum atomic E-state index is -5.85. The third kappa shape index (κ3) is 6.11. The van der Waals surface area contributed by atoms with E-state index < -0.39 is 47.3 Å². The Bertz CT molecular complexity index is 710. The highest BCUT2D eigenvalue weighted by Crippen LogP contribution is 2.43. The summed E-state index contributed by atoms with van der Waals surface area (Å²) in [6.45, 7) is 2.12. The molecule has 0 saturated heterocycles. The summed E-state index contributed by atoms with van der Waals surface area (Å²) in [5.74, 6) is -7.80. The number of rotatable bonds is 8. The molecule has 9 heteroatoms. The molecular formula is C21H25F7O2. The largest absolute Gasteiger partial charge is 0.426 e. The summed E-state index contributed by atoms with van der Waals surface area (Å²) in [6, 6.07) is 1.42. The Labute approximate surface area is 170 Å². The maximum Gasteiger partial charge on any atom is 0.426 e. The third-order valence-electron chi connectivity index (χ3n) is 5.52. The monoisotopic (exact) mass is 442 g/mol. The van der Waals surface area contributed by atoms with Crippen molar-refractivity contribution in [2.24, 2.45) is 11.8 Å². The molecule has 1 atom stereocenters. The molecule has 0 heterocycles. The van der Waals surface area contributed by atoms with Crippen LogP contribution in [0.4, 0.5) is 30.7 Å². The zero-order valence-corrected chi connectivity index (χ0v) is 16.6. The van der Waals surface area contributed by atoms with Crippen LogP contribution in [-0.4, -0.2) is 18.3 Å². The van der Waals surface area contributed by atoms with Crippen LogP contribution in [0.25, 0.3) is 0 Å². The lowest BCUT2D eigenvalue weighted by Crippen LogP contribution is -2.40. The minimum Gasteiger partial charge on any atom is -0.426 e. The molecule has 0 radical (unpaired) electrons. The van der Waals surface area contributed by atoms with E-state index in [1.165, 1.54) is 0 Å². The molecule has 0 bridgehead atoms. The van der Waals surface area contributed by atoms with E-state index in [0.29, 0.717) is 30.9 Å². The fourth-order valence-electron chi connectivity index (χ4n) is 3.74. The highest BCUT2D eigenvalue weighted by atomic mass is 19.4. The van der Waals surface area contributed by atoms with Crippen LogP contribution in [0, 0.1) is 17.7 Å². The van der Waals surface area contributed by atoms with Crippen LogP contribution in [0.2, 0.25) is 0 Å². The Hall–Kier alpha value is -1.80. The van der Waals surface area contributed by atoms with Gasteiger partial charge in [0.05, 0.1) is 11.5 Å². The molecule has 2 rings (SSSR count). The molecule has 1 fully saturated rings. The van der Waals surface area contributed by atoms with Gasteiger partial charge >= 0.3 is 18.1 Å². The van der Waals surface area contributed by atoms with Crippen LogP contribution in [0.3, 0.4) is 0 Å². The lowest BCUT2D eigenvalue weighted by Gasteiger charge is -2.27. The molecule has 1 aliphatic carbocycles. The predicted molar refractivity (Wildman–Crippen MR) is 96.5 cm³/mol. The van der Waals surface area contributed by atoms with Gasteiger partial charge in [0.25, 0.3) is 6.17 Å². The lowest BCUT2D eigenvalue weighted by atomic mass is 9.80. The van der Waals surface area contributed by atoms with Crippen molar-refractivity contribution < 1.29 is 40.3 Å². The normalized spacial score (nSPS) is 21.3. The molecule has 0 spiro atoms. The maximum absolute atomic E-state index is 14.0. The van der Waals surface area contributed by atoms with E-state index in [9.17, 15) is 35.5 Å². The van der Waals surface area contributed by atoms with Crippen molar-refractivity contribution in [2.75, 3.05) is 0 Å². The van der Waals surface area contributed by atoms with Crippen molar-refractivity contribution in [3.8, 4) is 5.75 Å². The number of hydrogen-bond acceptors (Lipinski definition) is 2. The van der Waals surface area contributed by atoms with Gasteiger partial charge in [0.15, 0.2) is 0 Å². The molecule has 1 aliphatic rings. The van der Waals surface area contributed by atoms with Crippen LogP contribution in [-0.2, 0) is 10.7 Å². The van der Waals surface area contributed by atoms with Crippen molar-refractivity contribution in [1.82, 2.24) is 0 Å². The second kappa shape index (κ2) is 10.0. The SMILES string of the molecule is CCCCCC1CCC(C(=O)Oc2ccc(C(F)(F)C(F)C(F)(F)F)c(F)c2)CC1. The zero-order chi connectivity index (χ0) is 22.5. The number of halogens is 7. The van der Waals surface area contributed by atoms with Crippen LogP contribution in [0.5, 0.6) is 5.75 Å². The predicted octanol–water partition coefficient (Wildman–Crippen LogP) is 7.11. The van der Waals surface area contributed by atoms with Crippen LogP contribution in [0.15, 0.2) is 18.2 Å². The van der Waals surface area contributed by atoms with E-state index in [-0.39, 0.29) is 0 Å². The Morgan fingerprint density at radius 1 is 1.10 bits per heavy atom. The first-order valence-electron chi connectivity index (χ1n) is 10.1. The van der Waals surface area contributed by atoms with Crippen molar-refractivity contribution >= 4 is 5.97 Å². The van der Waals surface area contributed by atoms with Crippen molar-refractivity contribution in [3.05, 3.63) is 29.6 Å². The maximum atomic E-state index is 14.0. The Morgan fingerprint density at radius 2 is 1.73 bits per heavy atom. The standard InChI is InChI=1S/C21H25F7O2/c1-2-3-4-5-13-6-8-14(9-7-13)18(29)30-15-10-11-16(17(22)12-15)20(24,25)19(23)21(26,27)28/h10-14,19H,2-9H2,1H3. The fourth-order valence-corrected chi connectivity index (χ4v) is 3.74. The van der Waals surface area contributed by atoms with Crippen LogP contribution in [0.1, 0.15) is 63.9 Å². The van der Waals surface area contributed by atoms with E-state index in [4.69, 9.17) is 4.74 Å². The van der Waals surface area contributed by atoms with Gasteiger partial charge in [-0.05, 0) is 43.7 Å². The summed E-state index contributed by atoms with van der Waals surface area (Å²) in [5.41, 5.74) is -1.75. The molecule has 0 N–H and O–H groups in total. The van der Waals surface area contributed by atoms with E-state index in [2.05, 4.69) is 6.92 Å². The molecule has 30 heavy (non-hydrogen) atoms. The molecule has 0 aromatic heterocycles. The van der Waals surface area contributed by atoms with Gasteiger partial charge in [0.1, 0.15) is 11.6 Å². The number of carbonyl (C=O) groups is 1. The lowest BCUT2D eigenvalue weighted by molar-refractivity contribution is -0.248. The molecule has 1 aromatic rings. The van der Waals surface area contributed by atoms with E-state index in [1.807, 2.05) is 0 Å². The Balaban J connectivity index is 1.97. The first kappa shape index (κ1) is 24.5. The van der Waals surface area contributed by atoms with Crippen molar-refractivity contribution in [2.45, 2.75) is 76.6 Å². The Morgan fingerprint density at radius 3 is 2.27 bits per heavy atom. The highest BCUT2D eigenvalue weighted by Gasteiger charge is 2.58. The zero-order valence-electron chi connectivity index (χ0n) is 16.6. The topological polar surface area (TPSA) is 26.3 Å². The van der Waals surface area contributed by atoms with E-state index >= 15 is 0 Å². The number of hydrogen-bond donors (Lipinski definition) is 0. The van der Waals surface area contributed by atoms with Crippen LogP contribution < -0.4 is 4.74 Å². The average Bonchev–Trinajstić information content (AvgIpc) is 2.67. The summed E-state index contributed by atoms with van der Waals surface area (Å²) >= 11 is 0. The summed E-state index contributed by atoms with van der Waals surface area (Å²) < 4.78 is 96.4. The summed E-state index contributed by atoms with van der Waals surface area (Å²) in [4.78, 5) is 12.3. The first-order chi connectivity index (χ1) is 14.0.